The van der Waals surface area contributed by atoms with E-state index in [4.69, 9.17) is 16.3 Å². The van der Waals surface area contributed by atoms with Gasteiger partial charge in [0.25, 0.3) is 0 Å². The average molecular weight is 386 g/mol. The van der Waals surface area contributed by atoms with E-state index in [1.807, 2.05) is 48.5 Å². The molecule has 1 aromatic heterocycles. The molecule has 0 N–H and O–H groups in total. The zero-order chi connectivity index (χ0) is 19.1. The highest BCUT2D eigenvalue weighted by atomic mass is 35.5. The summed E-state index contributed by atoms with van der Waals surface area (Å²) in [5.74, 6) is 0.277. The van der Waals surface area contributed by atoms with Gasteiger partial charge in [-0.15, -0.1) is 10.2 Å². The molecule has 27 heavy (non-hydrogen) atoms. The van der Waals surface area contributed by atoms with Gasteiger partial charge in [0.1, 0.15) is 6.54 Å². The number of hydrogen-bond donors (Lipinski definition) is 0. The molecule has 140 valence electrons. The molecular formula is C19H20ClN5O2. The van der Waals surface area contributed by atoms with E-state index >= 15 is 0 Å². The number of methoxy groups -OCH3 is 1. The monoisotopic (exact) mass is 385 g/mol. The summed E-state index contributed by atoms with van der Waals surface area (Å²) in [4.78, 5) is 15.8. The Bertz CT molecular complexity index is 885. The lowest BCUT2D eigenvalue weighted by molar-refractivity contribution is -0.133. The maximum absolute atomic E-state index is 12.8. The number of carbonyl (C=O) groups excluding carboxylic acids is 1. The number of halogens is 1. The van der Waals surface area contributed by atoms with Crippen LogP contribution >= 0.6 is 11.6 Å². The predicted molar refractivity (Wildman–Crippen MR) is 102 cm³/mol. The van der Waals surface area contributed by atoms with E-state index < -0.39 is 0 Å². The molecule has 0 bridgehead atoms. The minimum absolute atomic E-state index is 0.00595. The number of carbonyl (C=O) groups is 1. The van der Waals surface area contributed by atoms with Crippen LogP contribution in [0.25, 0.3) is 11.4 Å². The molecule has 3 rings (SSSR count). The number of nitrogens with zero attached hydrogens (tertiary/aromatic N) is 5. The Balaban J connectivity index is 1.71. The molecular weight excluding hydrogens is 366 g/mol. The van der Waals surface area contributed by atoms with E-state index in [2.05, 4.69) is 15.4 Å². The SMILES string of the molecule is COCCN(Cc1ccccc1)C(=O)Cn1nnc(-c2ccccc2Cl)n1. The van der Waals surface area contributed by atoms with Gasteiger partial charge in [0.05, 0.1) is 11.6 Å². The summed E-state index contributed by atoms with van der Waals surface area (Å²) in [6, 6.07) is 17.1. The highest BCUT2D eigenvalue weighted by molar-refractivity contribution is 6.33. The minimum atomic E-state index is -0.112. The molecule has 1 amide bonds. The third-order valence-corrected chi connectivity index (χ3v) is 4.31. The summed E-state index contributed by atoms with van der Waals surface area (Å²) in [6.45, 7) is 1.42. The first-order valence-electron chi connectivity index (χ1n) is 8.50. The van der Waals surface area contributed by atoms with E-state index in [9.17, 15) is 4.79 Å². The van der Waals surface area contributed by atoms with E-state index in [0.29, 0.717) is 36.1 Å². The molecule has 1 heterocycles. The first kappa shape index (κ1) is 19.0. The number of hydrogen-bond acceptors (Lipinski definition) is 5. The number of aromatic nitrogens is 4. The molecule has 0 saturated heterocycles. The van der Waals surface area contributed by atoms with E-state index in [0.717, 1.165) is 5.56 Å². The first-order chi connectivity index (χ1) is 13.2. The molecule has 8 heteroatoms. The van der Waals surface area contributed by atoms with Crippen LogP contribution < -0.4 is 0 Å². The maximum Gasteiger partial charge on any atom is 0.246 e. The number of rotatable bonds is 8. The summed E-state index contributed by atoms with van der Waals surface area (Å²) < 4.78 is 5.13. The number of benzene rings is 2. The van der Waals surface area contributed by atoms with Crippen LogP contribution in [0.1, 0.15) is 5.56 Å². The van der Waals surface area contributed by atoms with Crippen LogP contribution in [0.5, 0.6) is 0 Å². The topological polar surface area (TPSA) is 73.1 Å². The molecule has 0 radical (unpaired) electrons. The highest BCUT2D eigenvalue weighted by Gasteiger charge is 2.17. The summed E-state index contributed by atoms with van der Waals surface area (Å²) in [5, 5.41) is 12.8. The smallest absolute Gasteiger partial charge is 0.246 e. The van der Waals surface area contributed by atoms with Crippen molar-refractivity contribution in [2.24, 2.45) is 0 Å². The molecule has 2 aromatic carbocycles. The fourth-order valence-electron chi connectivity index (χ4n) is 2.58. The van der Waals surface area contributed by atoms with Gasteiger partial charge < -0.3 is 9.64 Å². The highest BCUT2D eigenvalue weighted by Crippen LogP contribution is 2.23. The van der Waals surface area contributed by atoms with Crippen LogP contribution in [0.15, 0.2) is 54.6 Å². The van der Waals surface area contributed by atoms with E-state index in [-0.39, 0.29) is 12.5 Å². The second-order valence-electron chi connectivity index (χ2n) is 5.92. The van der Waals surface area contributed by atoms with Crippen molar-refractivity contribution in [1.29, 1.82) is 0 Å². The Morgan fingerprint density at radius 3 is 2.63 bits per heavy atom. The molecule has 0 aliphatic heterocycles. The van der Waals surface area contributed by atoms with Gasteiger partial charge in [0, 0.05) is 25.8 Å². The van der Waals surface area contributed by atoms with Gasteiger partial charge in [0.15, 0.2) is 0 Å². The largest absolute Gasteiger partial charge is 0.383 e. The molecule has 7 nitrogen and oxygen atoms in total. The normalized spacial score (nSPS) is 10.7. The van der Waals surface area contributed by atoms with Crippen molar-refractivity contribution in [3.8, 4) is 11.4 Å². The third kappa shape index (κ3) is 5.12. The van der Waals surface area contributed by atoms with Crippen molar-refractivity contribution < 1.29 is 9.53 Å². The van der Waals surface area contributed by atoms with Crippen molar-refractivity contribution in [1.82, 2.24) is 25.1 Å². The van der Waals surface area contributed by atoms with E-state index in [1.165, 1.54) is 4.80 Å². The van der Waals surface area contributed by atoms with Crippen molar-refractivity contribution in [3.05, 3.63) is 65.2 Å². The second-order valence-corrected chi connectivity index (χ2v) is 6.32. The van der Waals surface area contributed by atoms with Gasteiger partial charge in [-0.05, 0) is 22.9 Å². The zero-order valence-electron chi connectivity index (χ0n) is 15.0. The Morgan fingerprint density at radius 1 is 1.15 bits per heavy atom. The Kier molecular flexibility index (Phi) is 6.51. The Labute approximate surface area is 162 Å². The molecule has 0 aliphatic rings. The van der Waals surface area contributed by atoms with Crippen molar-refractivity contribution >= 4 is 17.5 Å². The van der Waals surface area contributed by atoms with Gasteiger partial charge in [-0.25, -0.2) is 0 Å². The van der Waals surface area contributed by atoms with E-state index in [1.54, 1.807) is 18.1 Å². The Hall–Kier alpha value is -2.77. The van der Waals surface area contributed by atoms with Crippen LogP contribution in [0.2, 0.25) is 5.02 Å². The van der Waals surface area contributed by atoms with Gasteiger partial charge in [-0.1, -0.05) is 54.1 Å². The van der Waals surface area contributed by atoms with Crippen molar-refractivity contribution in [2.45, 2.75) is 13.1 Å². The molecule has 3 aromatic rings. The molecule has 0 spiro atoms. The lowest BCUT2D eigenvalue weighted by Gasteiger charge is -2.22. The molecule has 0 saturated carbocycles. The quantitative estimate of drug-likeness (QED) is 0.596. The molecule has 0 unspecified atom stereocenters. The molecule has 0 atom stereocenters. The third-order valence-electron chi connectivity index (χ3n) is 3.98. The van der Waals surface area contributed by atoms with Gasteiger partial charge in [0.2, 0.25) is 11.7 Å². The van der Waals surface area contributed by atoms with Crippen LogP contribution in [0.4, 0.5) is 0 Å². The van der Waals surface area contributed by atoms with Gasteiger partial charge in [-0.3, -0.25) is 4.79 Å². The number of ether oxygens (including phenoxy) is 1. The molecule has 0 aliphatic carbocycles. The van der Waals surface area contributed by atoms with Crippen molar-refractivity contribution in [3.63, 3.8) is 0 Å². The predicted octanol–water partition coefficient (Wildman–Crippen LogP) is 2.67. The summed E-state index contributed by atoms with van der Waals surface area (Å²) >= 11 is 6.17. The lowest BCUT2D eigenvalue weighted by Crippen LogP contribution is -2.36. The number of amides is 1. The lowest BCUT2D eigenvalue weighted by atomic mass is 10.2. The summed E-state index contributed by atoms with van der Waals surface area (Å²) in [5.41, 5.74) is 1.73. The number of tetrazole rings is 1. The van der Waals surface area contributed by atoms with Crippen LogP contribution in [-0.2, 0) is 22.6 Å². The van der Waals surface area contributed by atoms with Gasteiger partial charge >= 0.3 is 0 Å². The zero-order valence-corrected chi connectivity index (χ0v) is 15.7. The second kappa shape index (κ2) is 9.25. The fraction of sp³-hybridized carbons (Fsp3) is 0.263. The van der Waals surface area contributed by atoms with Crippen LogP contribution in [0.3, 0.4) is 0 Å². The maximum atomic E-state index is 12.8. The molecule has 0 fully saturated rings. The van der Waals surface area contributed by atoms with Crippen LogP contribution in [0, 0.1) is 0 Å². The standard InChI is InChI=1S/C19H20ClN5O2/c1-27-12-11-24(13-15-7-3-2-4-8-15)18(26)14-25-22-19(21-23-25)16-9-5-6-10-17(16)20/h2-10H,11-14H2,1H3. The Morgan fingerprint density at radius 2 is 1.89 bits per heavy atom. The first-order valence-corrected chi connectivity index (χ1v) is 8.88. The average Bonchev–Trinajstić information content (AvgIpc) is 3.14. The summed E-state index contributed by atoms with van der Waals surface area (Å²) in [7, 11) is 1.61. The van der Waals surface area contributed by atoms with Crippen LogP contribution in [-0.4, -0.2) is 51.3 Å². The van der Waals surface area contributed by atoms with Crippen molar-refractivity contribution in [2.75, 3.05) is 20.3 Å². The fourth-order valence-corrected chi connectivity index (χ4v) is 2.80. The van der Waals surface area contributed by atoms with Gasteiger partial charge in [-0.2, -0.15) is 4.80 Å². The summed E-state index contributed by atoms with van der Waals surface area (Å²) in [6.07, 6.45) is 0. The minimum Gasteiger partial charge on any atom is -0.383 e.